The average Bonchev–Trinajstić information content (AvgIpc) is 2.58. The van der Waals surface area contributed by atoms with Crippen molar-refractivity contribution in [3.63, 3.8) is 0 Å². The Morgan fingerprint density at radius 3 is 2.52 bits per heavy atom. The van der Waals surface area contributed by atoms with Crippen molar-refractivity contribution in [2.45, 2.75) is 44.9 Å². The van der Waals surface area contributed by atoms with Crippen LogP contribution >= 0.6 is 0 Å². The number of hydrogen-bond donors (Lipinski definition) is 3. The Balaban J connectivity index is 2.64. The van der Waals surface area contributed by atoms with Crippen LogP contribution in [-0.2, 0) is 20.7 Å². The highest BCUT2D eigenvalue weighted by Gasteiger charge is 2.25. The predicted octanol–water partition coefficient (Wildman–Crippen LogP) is 1.80. The van der Waals surface area contributed by atoms with E-state index in [4.69, 9.17) is 9.47 Å². The van der Waals surface area contributed by atoms with Gasteiger partial charge in [0.1, 0.15) is 12.2 Å². The lowest BCUT2D eigenvalue weighted by Gasteiger charge is -2.27. The first-order chi connectivity index (χ1) is 12.7. The van der Waals surface area contributed by atoms with Crippen LogP contribution in [0.25, 0.3) is 0 Å². The third-order valence-corrected chi connectivity index (χ3v) is 3.45. The molecule has 0 radical (unpaired) electrons. The van der Waals surface area contributed by atoms with Crippen LogP contribution in [0.15, 0.2) is 43.0 Å². The number of carbonyl (C=O) groups excluding carboxylic acids is 2. The molecule has 7 heteroatoms. The fraction of sp³-hybridized carbons (Fsp3) is 0.500. The standard InChI is InChI=1S/C20H30N2O5/c1-5-11-26-18(24)14-21-13-17(23)16(12-15-9-7-6-8-10-15)22-19(25)27-20(2,3)4/h5-10,16-17,21,23H,1,11-14H2,2-4H3,(H,22,25)/t16-,17?/m0/s1. The number of aliphatic hydroxyl groups is 1. The second kappa shape index (κ2) is 11.4. The van der Waals surface area contributed by atoms with Gasteiger partial charge in [-0.15, -0.1) is 0 Å². The van der Waals surface area contributed by atoms with Crippen LogP contribution in [0.4, 0.5) is 4.79 Å². The van der Waals surface area contributed by atoms with E-state index in [1.807, 2.05) is 30.3 Å². The Bertz CT molecular complexity index is 598. The van der Waals surface area contributed by atoms with Gasteiger partial charge in [-0.25, -0.2) is 4.79 Å². The van der Waals surface area contributed by atoms with E-state index in [0.29, 0.717) is 6.42 Å². The van der Waals surface area contributed by atoms with Gasteiger partial charge in [0, 0.05) is 6.54 Å². The summed E-state index contributed by atoms with van der Waals surface area (Å²) in [6, 6.07) is 8.92. The summed E-state index contributed by atoms with van der Waals surface area (Å²) in [6.45, 7) is 8.98. The van der Waals surface area contributed by atoms with E-state index in [1.165, 1.54) is 6.08 Å². The zero-order chi connectivity index (χ0) is 20.3. The zero-order valence-corrected chi connectivity index (χ0v) is 16.2. The average molecular weight is 378 g/mol. The number of aliphatic hydroxyl groups excluding tert-OH is 1. The minimum Gasteiger partial charge on any atom is -0.461 e. The lowest BCUT2D eigenvalue weighted by atomic mass is 10.0. The summed E-state index contributed by atoms with van der Waals surface area (Å²) in [5, 5.41) is 16.0. The highest BCUT2D eigenvalue weighted by Crippen LogP contribution is 2.10. The van der Waals surface area contributed by atoms with E-state index >= 15 is 0 Å². The molecule has 0 bridgehead atoms. The molecule has 0 aliphatic carbocycles. The monoisotopic (exact) mass is 378 g/mol. The molecule has 2 atom stereocenters. The number of nitrogens with one attached hydrogen (secondary N) is 2. The van der Waals surface area contributed by atoms with Gasteiger partial charge in [0.2, 0.25) is 0 Å². The lowest BCUT2D eigenvalue weighted by molar-refractivity contribution is -0.141. The van der Waals surface area contributed by atoms with Crippen LogP contribution in [0.5, 0.6) is 0 Å². The fourth-order valence-electron chi connectivity index (χ4n) is 2.28. The van der Waals surface area contributed by atoms with Gasteiger partial charge in [-0.1, -0.05) is 43.0 Å². The normalized spacial score (nSPS) is 13.3. The van der Waals surface area contributed by atoms with E-state index in [2.05, 4.69) is 17.2 Å². The molecule has 3 N–H and O–H groups in total. The van der Waals surface area contributed by atoms with E-state index in [0.717, 1.165) is 5.56 Å². The third-order valence-electron chi connectivity index (χ3n) is 3.45. The summed E-state index contributed by atoms with van der Waals surface area (Å²) in [7, 11) is 0. The number of rotatable bonds is 10. The summed E-state index contributed by atoms with van der Waals surface area (Å²) in [5.74, 6) is -0.443. The first-order valence-electron chi connectivity index (χ1n) is 8.90. The van der Waals surface area contributed by atoms with Gasteiger partial charge in [-0.05, 0) is 32.8 Å². The highest BCUT2D eigenvalue weighted by molar-refractivity contribution is 5.71. The van der Waals surface area contributed by atoms with E-state index in [1.54, 1.807) is 20.8 Å². The molecule has 0 saturated heterocycles. The summed E-state index contributed by atoms with van der Waals surface area (Å²) >= 11 is 0. The maximum Gasteiger partial charge on any atom is 0.407 e. The lowest BCUT2D eigenvalue weighted by Crippen LogP contribution is -2.50. The van der Waals surface area contributed by atoms with Crippen LogP contribution in [0.2, 0.25) is 0 Å². The Labute approximate surface area is 160 Å². The van der Waals surface area contributed by atoms with Crippen LogP contribution < -0.4 is 10.6 Å². The van der Waals surface area contributed by atoms with E-state index in [9.17, 15) is 14.7 Å². The first-order valence-corrected chi connectivity index (χ1v) is 8.90. The van der Waals surface area contributed by atoms with Crippen molar-refractivity contribution in [2.75, 3.05) is 19.7 Å². The van der Waals surface area contributed by atoms with E-state index < -0.39 is 29.8 Å². The molecule has 1 aromatic carbocycles. The summed E-state index contributed by atoms with van der Waals surface area (Å²) < 4.78 is 10.1. The van der Waals surface area contributed by atoms with Crippen molar-refractivity contribution in [3.05, 3.63) is 48.6 Å². The predicted molar refractivity (Wildman–Crippen MR) is 103 cm³/mol. The minimum atomic E-state index is -0.926. The van der Waals surface area contributed by atoms with Crippen molar-refractivity contribution in [1.29, 1.82) is 0 Å². The fourth-order valence-corrected chi connectivity index (χ4v) is 2.28. The minimum absolute atomic E-state index is 0.0462. The van der Waals surface area contributed by atoms with Crippen molar-refractivity contribution < 1.29 is 24.2 Å². The molecule has 0 aromatic heterocycles. The smallest absolute Gasteiger partial charge is 0.407 e. The number of alkyl carbamates (subject to hydrolysis) is 1. The van der Waals surface area contributed by atoms with Crippen molar-refractivity contribution in [3.8, 4) is 0 Å². The molecule has 1 amide bonds. The van der Waals surface area contributed by atoms with E-state index in [-0.39, 0.29) is 19.7 Å². The highest BCUT2D eigenvalue weighted by atomic mass is 16.6. The molecule has 0 aliphatic rings. The molecule has 7 nitrogen and oxygen atoms in total. The van der Waals surface area contributed by atoms with Crippen molar-refractivity contribution in [2.24, 2.45) is 0 Å². The molecule has 150 valence electrons. The molecular formula is C20H30N2O5. The molecule has 1 unspecified atom stereocenters. The Morgan fingerprint density at radius 2 is 1.93 bits per heavy atom. The second-order valence-corrected chi connectivity index (χ2v) is 7.11. The molecule has 0 fully saturated rings. The number of ether oxygens (including phenoxy) is 2. The molecule has 0 saturated carbocycles. The van der Waals surface area contributed by atoms with Crippen molar-refractivity contribution in [1.82, 2.24) is 10.6 Å². The molecule has 0 heterocycles. The zero-order valence-electron chi connectivity index (χ0n) is 16.2. The maximum absolute atomic E-state index is 12.1. The number of benzene rings is 1. The number of hydrogen-bond acceptors (Lipinski definition) is 6. The molecular weight excluding hydrogens is 348 g/mol. The van der Waals surface area contributed by atoms with Gasteiger partial charge in [-0.2, -0.15) is 0 Å². The first kappa shape index (κ1) is 22.7. The number of esters is 1. The summed E-state index contributed by atoms with van der Waals surface area (Å²) in [6.07, 6.45) is 0.370. The Hall–Kier alpha value is -2.38. The second-order valence-electron chi connectivity index (χ2n) is 7.11. The largest absolute Gasteiger partial charge is 0.461 e. The molecule has 1 rings (SSSR count). The van der Waals surface area contributed by atoms with Crippen molar-refractivity contribution >= 4 is 12.1 Å². The van der Waals surface area contributed by atoms with Gasteiger partial charge >= 0.3 is 12.1 Å². The van der Waals surface area contributed by atoms with Gasteiger partial charge < -0.3 is 25.2 Å². The van der Waals surface area contributed by atoms with Crippen LogP contribution in [0, 0.1) is 0 Å². The topological polar surface area (TPSA) is 96.9 Å². The Kier molecular flexibility index (Phi) is 9.53. The molecule has 0 aliphatic heterocycles. The third kappa shape index (κ3) is 10.4. The summed E-state index contributed by atoms with van der Waals surface area (Å²) in [4.78, 5) is 23.6. The molecule has 1 aromatic rings. The molecule has 0 spiro atoms. The van der Waals surface area contributed by atoms with Gasteiger partial charge in [-0.3, -0.25) is 4.79 Å². The molecule has 27 heavy (non-hydrogen) atoms. The maximum atomic E-state index is 12.1. The van der Waals surface area contributed by atoms with Gasteiger partial charge in [0.25, 0.3) is 0 Å². The SMILES string of the molecule is C=CCOC(=O)CNCC(O)[C@H](Cc1ccccc1)NC(=O)OC(C)(C)C. The number of amides is 1. The van der Waals surface area contributed by atoms with Crippen LogP contribution in [0.1, 0.15) is 26.3 Å². The van der Waals surface area contributed by atoms with Crippen LogP contribution in [0.3, 0.4) is 0 Å². The van der Waals surface area contributed by atoms with Gasteiger partial charge in [0.15, 0.2) is 0 Å². The quantitative estimate of drug-likeness (QED) is 0.424. The number of carbonyl (C=O) groups is 2. The van der Waals surface area contributed by atoms with Crippen LogP contribution in [-0.4, -0.2) is 54.6 Å². The van der Waals surface area contributed by atoms with Gasteiger partial charge in [0.05, 0.1) is 18.7 Å². The summed E-state index contributed by atoms with van der Waals surface area (Å²) in [5.41, 5.74) is 0.322. The Morgan fingerprint density at radius 1 is 1.26 bits per heavy atom.